The Kier molecular flexibility index (Phi) is 5.88. The Morgan fingerprint density at radius 2 is 1.97 bits per heavy atom. The third kappa shape index (κ3) is 4.25. The number of hydrogen-bond donors (Lipinski definition) is 1. The fourth-order valence-electron chi connectivity index (χ4n) is 3.74. The van der Waals surface area contributed by atoms with Gasteiger partial charge in [0.15, 0.2) is 0 Å². The molecule has 30 heavy (non-hydrogen) atoms. The average Bonchev–Trinajstić information content (AvgIpc) is 3.20. The molecule has 0 spiro atoms. The Balaban J connectivity index is 1.69. The molecule has 1 saturated heterocycles. The lowest BCUT2D eigenvalue weighted by atomic mass is 10.0. The van der Waals surface area contributed by atoms with E-state index in [9.17, 15) is 14.3 Å². The third-order valence-corrected chi connectivity index (χ3v) is 5.83. The zero-order valence-corrected chi connectivity index (χ0v) is 17.4. The monoisotopic (exact) mass is 445 g/mol. The molecule has 154 valence electrons. The summed E-state index contributed by atoms with van der Waals surface area (Å²) in [6, 6.07) is 11.8. The van der Waals surface area contributed by atoms with Gasteiger partial charge in [0.05, 0.1) is 17.3 Å². The fraction of sp³-hybridized carbons (Fsp3) is 0.227. The Hall–Kier alpha value is -2.70. The zero-order chi connectivity index (χ0) is 21.3. The van der Waals surface area contributed by atoms with Gasteiger partial charge in [-0.25, -0.2) is 19.2 Å². The van der Waals surface area contributed by atoms with Crippen LogP contribution in [0.3, 0.4) is 0 Å². The molecule has 1 atom stereocenters. The Morgan fingerprint density at radius 3 is 2.67 bits per heavy atom. The molecule has 1 aliphatic rings. The Bertz CT molecular complexity index is 1090. The molecule has 0 radical (unpaired) electrons. The molecule has 4 rings (SSSR count). The van der Waals surface area contributed by atoms with Gasteiger partial charge < -0.3 is 10.0 Å². The van der Waals surface area contributed by atoms with E-state index in [0.29, 0.717) is 22.2 Å². The van der Waals surface area contributed by atoms with Crippen molar-refractivity contribution >= 4 is 35.1 Å². The molecule has 0 unspecified atom stereocenters. The molecule has 0 amide bonds. The van der Waals surface area contributed by atoms with Crippen molar-refractivity contribution < 1.29 is 14.3 Å². The molecule has 1 aliphatic heterocycles. The van der Waals surface area contributed by atoms with Crippen LogP contribution in [-0.4, -0.2) is 27.6 Å². The van der Waals surface area contributed by atoms with Crippen molar-refractivity contribution in [2.75, 3.05) is 11.4 Å². The first-order valence-electron chi connectivity index (χ1n) is 9.47. The lowest BCUT2D eigenvalue weighted by Crippen LogP contribution is -2.25. The number of aromatic nitrogens is 2. The predicted octanol–water partition coefficient (Wildman–Crippen LogP) is 5.55. The van der Waals surface area contributed by atoms with E-state index in [1.165, 1.54) is 24.4 Å². The highest BCUT2D eigenvalue weighted by molar-refractivity contribution is 6.31. The largest absolute Gasteiger partial charge is 0.478 e. The maximum atomic E-state index is 13.4. The second kappa shape index (κ2) is 8.58. The van der Waals surface area contributed by atoms with Crippen LogP contribution in [0.25, 0.3) is 0 Å². The second-order valence-corrected chi connectivity index (χ2v) is 7.99. The van der Waals surface area contributed by atoms with Gasteiger partial charge in [-0.3, -0.25) is 0 Å². The summed E-state index contributed by atoms with van der Waals surface area (Å²) in [5, 5.41) is 10.5. The van der Waals surface area contributed by atoms with Gasteiger partial charge in [0.2, 0.25) is 5.95 Å². The predicted molar refractivity (Wildman–Crippen MR) is 114 cm³/mol. The molecule has 5 nitrogen and oxygen atoms in total. The number of carboxylic acid groups (broad SMARTS) is 1. The van der Waals surface area contributed by atoms with Gasteiger partial charge in [-0.15, -0.1) is 0 Å². The molecule has 0 saturated carbocycles. The second-order valence-electron chi connectivity index (χ2n) is 7.15. The highest BCUT2D eigenvalue weighted by Gasteiger charge is 2.29. The smallest absolute Gasteiger partial charge is 0.339 e. The van der Waals surface area contributed by atoms with Crippen LogP contribution in [0, 0.1) is 5.82 Å². The van der Waals surface area contributed by atoms with Crippen LogP contribution in [0.15, 0.2) is 48.7 Å². The molecule has 1 aromatic heterocycles. The average molecular weight is 446 g/mol. The molecule has 8 heteroatoms. The quantitative estimate of drug-likeness (QED) is 0.557. The van der Waals surface area contributed by atoms with E-state index in [2.05, 4.69) is 14.9 Å². The summed E-state index contributed by atoms with van der Waals surface area (Å²) in [7, 11) is 0. The molecule has 0 bridgehead atoms. The molecule has 0 aliphatic carbocycles. The first-order chi connectivity index (χ1) is 14.4. The van der Waals surface area contributed by atoms with Crippen LogP contribution in [0.5, 0.6) is 0 Å². The summed E-state index contributed by atoms with van der Waals surface area (Å²) < 4.78 is 13.4. The Morgan fingerprint density at radius 1 is 1.20 bits per heavy atom. The van der Waals surface area contributed by atoms with Crippen LogP contribution >= 0.6 is 23.2 Å². The summed E-state index contributed by atoms with van der Waals surface area (Å²) in [5.41, 5.74) is 2.04. The minimum Gasteiger partial charge on any atom is -0.478 e. The minimum absolute atomic E-state index is 0.00128. The summed E-state index contributed by atoms with van der Waals surface area (Å²) in [6.07, 6.45) is 3.39. The van der Waals surface area contributed by atoms with Gasteiger partial charge in [0.25, 0.3) is 0 Å². The van der Waals surface area contributed by atoms with Gasteiger partial charge in [0, 0.05) is 29.2 Å². The summed E-state index contributed by atoms with van der Waals surface area (Å²) in [4.78, 5) is 22.7. The van der Waals surface area contributed by atoms with Crippen LogP contribution in [0.2, 0.25) is 10.0 Å². The molecule has 3 aromatic rings. The number of anilines is 1. The number of halogens is 3. The van der Waals surface area contributed by atoms with E-state index in [-0.39, 0.29) is 23.0 Å². The Labute approximate surface area is 183 Å². The summed E-state index contributed by atoms with van der Waals surface area (Å²) in [6.45, 7) is 0.760. The van der Waals surface area contributed by atoms with Gasteiger partial charge in [0.1, 0.15) is 5.82 Å². The van der Waals surface area contributed by atoms with Crippen molar-refractivity contribution in [2.24, 2.45) is 0 Å². The summed E-state index contributed by atoms with van der Waals surface area (Å²) >= 11 is 12.2. The van der Waals surface area contributed by atoms with Crippen LogP contribution in [-0.2, 0) is 6.42 Å². The lowest BCUT2D eigenvalue weighted by molar-refractivity contribution is 0.0695. The number of carboxylic acids is 1. The minimum atomic E-state index is -1.12. The van der Waals surface area contributed by atoms with E-state index in [0.717, 1.165) is 24.9 Å². The van der Waals surface area contributed by atoms with Crippen molar-refractivity contribution in [2.45, 2.75) is 25.3 Å². The lowest BCUT2D eigenvalue weighted by Gasteiger charge is -2.25. The maximum absolute atomic E-state index is 13.4. The van der Waals surface area contributed by atoms with Gasteiger partial charge in [-0.05, 0) is 48.2 Å². The number of rotatable bonds is 5. The normalized spacial score (nSPS) is 16.1. The zero-order valence-electron chi connectivity index (χ0n) is 15.9. The highest BCUT2D eigenvalue weighted by Crippen LogP contribution is 2.35. The van der Waals surface area contributed by atoms with Crippen LogP contribution < -0.4 is 4.90 Å². The topological polar surface area (TPSA) is 66.3 Å². The standard InChI is InChI=1S/C22H18Cl2FN3O2/c23-15-6-3-13(4-7-15)20-2-1-9-28(20)22-26-12-17(21(29)30)19(27-22)10-14-5-8-16(25)11-18(14)24/h3-8,11-12,20H,1-2,9-10H2,(H,29,30)/t20-/m0/s1. The fourth-order valence-corrected chi connectivity index (χ4v) is 4.10. The molecule has 1 N–H and O–H groups in total. The number of benzene rings is 2. The van der Waals surface area contributed by atoms with Crippen molar-refractivity contribution in [3.63, 3.8) is 0 Å². The van der Waals surface area contributed by atoms with Crippen molar-refractivity contribution in [1.29, 1.82) is 0 Å². The van der Waals surface area contributed by atoms with E-state index < -0.39 is 11.8 Å². The number of nitrogens with zero attached hydrogens (tertiary/aromatic N) is 3. The molecule has 1 fully saturated rings. The van der Waals surface area contributed by atoms with E-state index in [1.54, 1.807) is 0 Å². The number of aromatic carboxylic acids is 1. The highest BCUT2D eigenvalue weighted by atomic mass is 35.5. The number of carbonyl (C=O) groups is 1. The van der Waals surface area contributed by atoms with Crippen LogP contribution in [0.4, 0.5) is 10.3 Å². The maximum Gasteiger partial charge on any atom is 0.339 e. The molecule has 2 heterocycles. The van der Waals surface area contributed by atoms with Crippen molar-refractivity contribution in [1.82, 2.24) is 9.97 Å². The van der Waals surface area contributed by atoms with E-state index in [1.807, 2.05) is 24.3 Å². The van der Waals surface area contributed by atoms with Crippen molar-refractivity contribution in [3.05, 3.63) is 86.9 Å². The first-order valence-corrected chi connectivity index (χ1v) is 10.2. The van der Waals surface area contributed by atoms with Crippen LogP contribution in [0.1, 0.15) is 46.1 Å². The number of hydrogen-bond acceptors (Lipinski definition) is 4. The molecular weight excluding hydrogens is 428 g/mol. The molecule has 2 aromatic carbocycles. The first kappa shape index (κ1) is 20.6. The summed E-state index contributed by atoms with van der Waals surface area (Å²) in [5.74, 6) is -1.11. The van der Waals surface area contributed by atoms with Gasteiger partial charge in [-0.2, -0.15) is 0 Å². The van der Waals surface area contributed by atoms with Gasteiger partial charge in [-0.1, -0.05) is 41.4 Å². The van der Waals surface area contributed by atoms with Gasteiger partial charge >= 0.3 is 5.97 Å². The molecular formula is C22H18Cl2FN3O2. The third-order valence-electron chi connectivity index (χ3n) is 5.22. The SMILES string of the molecule is O=C(O)c1cnc(N2CCC[C@H]2c2ccc(Cl)cc2)nc1Cc1ccc(F)cc1Cl. The van der Waals surface area contributed by atoms with E-state index >= 15 is 0 Å². The van der Waals surface area contributed by atoms with E-state index in [4.69, 9.17) is 23.2 Å². The van der Waals surface area contributed by atoms with Crippen molar-refractivity contribution in [3.8, 4) is 0 Å².